The van der Waals surface area contributed by atoms with E-state index in [-0.39, 0.29) is 11.4 Å². The molecule has 0 saturated carbocycles. The van der Waals surface area contributed by atoms with Gasteiger partial charge in [0.1, 0.15) is 0 Å². The molecule has 1 N–H and O–H groups in total. The van der Waals surface area contributed by atoms with E-state index in [0.29, 0.717) is 11.6 Å². The van der Waals surface area contributed by atoms with Crippen LogP contribution in [0, 0.1) is 6.92 Å². The predicted molar refractivity (Wildman–Crippen MR) is 75.2 cm³/mol. The van der Waals surface area contributed by atoms with Gasteiger partial charge in [0.2, 0.25) is 5.91 Å². The maximum atomic E-state index is 12.2. The van der Waals surface area contributed by atoms with E-state index in [2.05, 4.69) is 19.2 Å². The quantitative estimate of drug-likeness (QED) is 0.848. The van der Waals surface area contributed by atoms with Gasteiger partial charge in [0, 0.05) is 16.2 Å². The molecule has 0 spiro atoms. The first kappa shape index (κ1) is 13.4. The normalized spacial score (nSPS) is 19.8. The predicted octanol–water partition coefficient (Wildman–Crippen LogP) is 2.75. The summed E-state index contributed by atoms with van der Waals surface area (Å²) in [5.74, 6) is 0.0948. The molecule has 4 heteroatoms. The minimum Gasteiger partial charge on any atom is -0.308 e. The molecule has 0 bridgehead atoms. The first-order chi connectivity index (χ1) is 8.42. The highest BCUT2D eigenvalue weighted by Gasteiger charge is 2.33. The highest BCUT2D eigenvalue weighted by atomic mass is 35.5. The summed E-state index contributed by atoms with van der Waals surface area (Å²) < 4.78 is 0. The van der Waals surface area contributed by atoms with Gasteiger partial charge < -0.3 is 10.2 Å². The van der Waals surface area contributed by atoms with E-state index in [1.165, 1.54) is 0 Å². The van der Waals surface area contributed by atoms with Crippen molar-refractivity contribution in [2.45, 2.75) is 32.7 Å². The average molecular weight is 267 g/mol. The van der Waals surface area contributed by atoms with Crippen LogP contribution >= 0.6 is 11.6 Å². The summed E-state index contributed by atoms with van der Waals surface area (Å²) in [6, 6.07) is 5.80. The molecule has 1 amide bonds. The standard InChI is InChI=1S/C14H19ClN2O/c1-10-4-5-11(8-12(10)15)17-13(18)9-16-7-6-14(17,2)3/h4-5,8,16H,6-7,9H2,1-3H3. The van der Waals surface area contributed by atoms with Crippen LogP contribution in [0.4, 0.5) is 5.69 Å². The number of halogens is 1. The number of carbonyl (C=O) groups is 1. The van der Waals surface area contributed by atoms with E-state index in [1.54, 1.807) is 0 Å². The number of anilines is 1. The van der Waals surface area contributed by atoms with Crippen LogP contribution in [-0.4, -0.2) is 24.5 Å². The van der Waals surface area contributed by atoms with E-state index >= 15 is 0 Å². The molecule has 0 atom stereocenters. The lowest BCUT2D eigenvalue weighted by molar-refractivity contribution is -0.118. The Kier molecular flexibility index (Phi) is 3.64. The van der Waals surface area contributed by atoms with Crippen molar-refractivity contribution in [2.24, 2.45) is 0 Å². The molecule has 0 radical (unpaired) electrons. The van der Waals surface area contributed by atoms with Gasteiger partial charge in [-0.15, -0.1) is 0 Å². The van der Waals surface area contributed by atoms with Crippen LogP contribution in [0.5, 0.6) is 0 Å². The Bertz CT molecular complexity index is 471. The summed E-state index contributed by atoms with van der Waals surface area (Å²) in [6.45, 7) is 7.38. The number of nitrogens with one attached hydrogen (secondary N) is 1. The molecule has 0 unspecified atom stereocenters. The maximum absolute atomic E-state index is 12.2. The van der Waals surface area contributed by atoms with E-state index in [4.69, 9.17) is 11.6 Å². The molecule has 18 heavy (non-hydrogen) atoms. The molecule has 1 aromatic rings. The summed E-state index contributed by atoms with van der Waals surface area (Å²) in [5, 5.41) is 3.86. The second kappa shape index (κ2) is 4.90. The van der Waals surface area contributed by atoms with Crippen molar-refractivity contribution < 1.29 is 4.79 Å². The summed E-state index contributed by atoms with van der Waals surface area (Å²) in [5.41, 5.74) is 1.71. The number of amides is 1. The Labute approximate surface area is 113 Å². The van der Waals surface area contributed by atoms with Crippen molar-refractivity contribution in [3.8, 4) is 0 Å². The van der Waals surface area contributed by atoms with Crippen LogP contribution in [0.25, 0.3) is 0 Å². The summed E-state index contributed by atoms with van der Waals surface area (Å²) in [7, 11) is 0. The molecule has 1 aliphatic heterocycles. The van der Waals surface area contributed by atoms with E-state index in [0.717, 1.165) is 24.2 Å². The van der Waals surface area contributed by atoms with Crippen LogP contribution in [0.3, 0.4) is 0 Å². The van der Waals surface area contributed by atoms with E-state index in [9.17, 15) is 4.79 Å². The molecule has 3 nitrogen and oxygen atoms in total. The molecule has 0 aromatic heterocycles. The molecule has 1 fully saturated rings. The van der Waals surface area contributed by atoms with Crippen molar-refractivity contribution in [3.63, 3.8) is 0 Å². The van der Waals surface area contributed by atoms with Gasteiger partial charge in [0.25, 0.3) is 0 Å². The monoisotopic (exact) mass is 266 g/mol. The Hall–Kier alpha value is -1.06. The van der Waals surface area contributed by atoms with Crippen molar-refractivity contribution in [1.82, 2.24) is 5.32 Å². The fourth-order valence-electron chi connectivity index (χ4n) is 2.33. The van der Waals surface area contributed by atoms with Crippen LogP contribution in [0.2, 0.25) is 5.02 Å². The molecule has 1 aromatic carbocycles. The minimum atomic E-state index is -0.195. The number of nitrogens with zero attached hydrogens (tertiary/aromatic N) is 1. The van der Waals surface area contributed by atoms with Crippen molar-refractivity contribution in [3.05, 3.63) is 28.8 Å². The van der Waals surface area contributed by atoms with Crippen molar-refractivity contribution >= 4 is 23.2 Å². The SMILES string of the molecule is Cc1ccc(N2C(=O)CNCCC2(C)C)cc1Cl. The fraction of sp³-hybridized carbons (Fsp3) is 0.500. The first-order valence-electron chi connectivity index (χ1n) is 6.22. The lowest BCUT2D eigenvalue weighted by atomic mass is 9.97. The zero-order valence-electron chi connectivity index (χ0n) is 11.1. The second-order valence-electron chi connectivity index (χ2n) is 5.40. The molecule has 1 aliphatic rings. The number of hydrogen-bond donors (Lipinski definition) is 1. The first-order valence-corrected chi connectivity index (χ1v) is 6.59. The third-order valence-electron chi connectivity index (χ3n) is 3.46. The van der Waals surface area contributed by atoms with Gasteiger partial charge in [-0.1, -0.05) is 17.7 Å². The Morgan fingerprint density at radius 1 is 1.39 bits per heavy atom. The second-order valence-corrected chi connectivity index (χ2v) is 5.81. The summed E-state index contributed by atoms with van der Waals surface area (Å²) in [6.07, 6.45) is 0.921. The lowest BCUT2D eigenvalue weighted by Crippen LogP contribution is -2.48. The van der Waals surface area contributed by atoms with Crippen molar-refractivity contribution in [1.29, 1.82) is 0 Å². The number of benzene rings is 1. The Balaban J connectivity index is 2.43. The van der Waals surface area contributed by atoms with Crippen LogP contribution in [-0.2, 0) is 4.79 Å². The fourth-order valence-corrected chi connectivity index (χ4v) is 2.51. The topological polar surface area (TPSA) is 32.3 Å². The molecule has 2 rings (SSSR count). The van der Waals surface area contributed by atoms with Gasteiger partial charge in [-0.25, -0.2) is 0 Å². The highest BCUT2D eigenvalue weighted by molar-refractivity contribution is 6.31. The number of aryl methyl sites for hydroxylation is 1. The van der Waals surface area contributed by atoms with E-state index < -0.39 is 0 Å². The number of hydrogen-bond acceptors (Lipinski definition) is 2. The highest BCUT2D eigenvalue weighted by Crippen LogP contribution is 2.30. The molecular formula is C14H19ClN2O. The Morgan fingerprint density at radius 3 is 2.78 bits per heavy atom. The smallest absolute Gasteiger partial charge is 0.241 e. The largest absolute Gasteiger partial charge is 0.308 e. The third kappa shape index (κ3) is 2.52. The summed E-state index contributed by atoms with van der Waals surface area (Å²) in [4.78, 5) is 14.1. The van der Waals surface area contributed by atoms with Gasteiger partial charge >= 0.3 is 0 Å². The van der Waals surface area contributed by atoms with Gasteiger partial charge in [-0.05, 0) is 51.4 Å². The van der Waals surface area contributed by atoms with Gasteiger partial charge in [-0.3, -0.25) is 4.79 Å². The Morgan fingerprint density at radius 2 is 2.11 bits per heavy atom. The molecule has 98 valence electrons. The molecule has 0 aliphatic carbocycles. The van der Waals surface area contributed by atoms with E-state index in [1.807, 2.05) is 30.0 Å². The number of carbonyl (C=O) groups excluding carboxylic acids is 1. The number of rotatable bonds is 1. The van der Waals surface area contributed by atoms with Crippen LogP contribution in [0.1, 0.15) is 25.8 Å². The average Bonchev–Trinajstić information content (AvgIpc) is 2.41. The molecule has 1 heterocycles. The zero-order valence-corrected chi connectivity index (χ0v) is 11.8. The van der Waals surface area contributed by atoms with Gasteiger partial charge in [0.15, 0.2) is 0 Å². The molecular weight excluding hydrogens is 248 g/mol. The van der Waals surface area contributed by atoms with Gasteiger partial charge in [-0.2, -0.15) is 0 Å². The van der Waals surface area contributed by atoms with Crippen LogP contribution < -0.4 is 10.2 Å². The lowest BCUT2D eigenvalue weighted by Gasteiger charge is -2.37. The van der Waals surface area contributed by atoms with Gasteiger partial charge in [0.05, 0.1) is 6.54 Å². The molecule has 1 saturated heterocycles. The zero-order chi connectivity index (χ0) is 13.3. The minimum absolute atomic E-state index is 0.0948. The summed E-state index contributed by atoms with van der Waals surface area (Å²) >= 11 is 6.16. The third-order valence-corrected chi connectivity index (χ3v) is 3.87. The maximum Gasteiger partial charge on any atom is 0.241 e. The van der Waals surface area contributed by atoms with Crippen LogP contribution in [0.15, 0.2) is 18.2 Å². The van der Waals surface area contributed by atoms with Crippen molar-refractivity contribution in [2.75, 3.05) is 18.0 Å².